The van der Waals surface area contributed by atoms with Crippen molar-refractivity contribution in [2.24, 2.45) is 11.8 Å². The van der Waals surface area contributed by atoms with Crippen LogP contribution in [-0.4, -0.2) is 14.5 Å². The van der Waals surface area contributed by atoms with Crippen molar-refractivity contribution in [3.63, 3.8) is 0 Å². The molecule has 1 aromatic heterocycles. The molecule has 0 spiro atoms. The van der Waals surface area contributed by atoms with E-state index in [0.29, 0.717) is 21.7 Å². The summed E-state index contributed by atoms with van der Waals surface area (Å²) in [5.41, 5.74) is 6.08. The van der Waals surface area contributed by atoms with Gasteiger partial charge in [0.1, 0.15) is 4.21 Å². The maximum absolute atomic E-state index is 12.2. The highest BCUT2D eigenvalue weighted by molar-refractivity contribution is 7.91. The topological polar surface area (TPSA) is 72.2 Å². The number of nitrogens with two attached hydrogens (primary N) is 1. The average molecular weight is 288 g/mol. The van der Waals surface area contributed by atoms with E-state index >= 15 is 0 Å². The van der Waals surface area contributed by atoms with Gasteiger partial charge in [0.25, 0.3) is 0 Å². The number of thiophene rings is 1. The third-order valence-electron chi connectivity index (χ3n) is 3.60. The van der Waals surface area contributed by atoms with Crippen molar-refractivity contribution in [3.05, 3.63) is 11.4 Å². The van der Waals surface area contributed by atoms with Gasteiger partial charge in [-0.1, -0.05) is 13.8 Å². The molecular formula is C12H20N2O2S2. The summed E-state index contributed by atoms with van der Waals surface area (Å²) in [7, 11) is -3.40. The van der Waals surface area contributed by atoms with E-state index in [9.17, 15) is 8.42 Å². The lowest BCUT2D eigenvalue weighted by Crippen LogP contribution is -2.42. The fourth-order valence-corrected chi connectivity index (χ4v) is 5.04. The molecule has 0 aromatic carbocycles. The fourth-order valence-electron chi connectivity index (χ4n) is 2.57. The van der Waals surface area contributed by atoms with Crippen LogP contribution >= 0.6 is 11.3 Å². The van der Waals surface area contributed by atoms with Crippen molar-refractivity contribution in [2.75, 3.05) is 5.73 Å². The van der Waals surface area contributed by atoms with Crippen LogP contribution in [0.2, 0.25) is 0 Å². The van der Waals surface area contributed by atoms with Gasteiger partial charge in [0.15, 0.2) is 0 Å². The zero-order valence-electron chi connectivity index (χ0n) is 10.7. The van der Waals surface area contributed by atoms with Crippen LogP contribution in [0.15, 0.2) is 15.7 Å². The van der Waals surface area contributed by atoms with Crippen LogP contribution in [-0.2, 0) is 10.0 Å². The Balaban J connectivity index is 2.09. The molecule has 0 amide bonds. The minimum Gasteiger partial charge on any atom is -0.398 e. The molecule has 1 aliphatic carbocycles. The van der Waals surface area contributed by atoms with Gasteiger partial charge < -0.3 is 5.73 Å². The Hall–Kier alpha value is -0.590. The van der Waals surface area contributed by atoms with Gasteiger partial charge in [0.2, 0.25) is 10.0 Å². The van der Waals surface area contributed by atoms with Crippen molar-refractivity contribution in [1.29, 1.82) is 0 Å². The number of nitrogens with one attached hydrogen (secondary N) is 1. The minimum atomic E-state index is -3.40. The van der Waals surface area contributed by atoms with Crippen LogP contribution in [0.3, 0.4) is 0 Å². The van der Waals surface area contributed by atoms with Crippen molar-refractivity contribution in [1.82, 2.24) is 4.72 Å². The summed E-state index contributed by atoms with van der Waals surface area (Å²) in [4.78, 5) is 0. The van der Waals surface area contributed by atoms with Crippen molar-refractivity contribution >= 4 is 27.0 Å². The van der Waals surface area contributed by atoms with Crippen LogP contribution in [0, 0.1) is 11.8 Å². The molecule has 4 nitrogen and oxygen atoms in total. The number of hydrogen-bond donors (Lipinski definition) is 2. The first-order chi connectivity index (χ1) is 8.38. The molecular weight excluding hydrogens is 268 g/mol. The molecule has 0 bridgehead atoms. The number of rotatable bonds is 3. The lowest BCUT2D eigenvalue weighted by atomic mass is 9.80. The molecule has 1 aromatic rings. The predicted octanol–water partition coefficient (Wildman–Crippen LogP) is 2.43. The number of nitrogen functional groups attached to an aromatic ring is 1. The largest absolute Gasteiger partial charge is 0.398 e. The molecule has 1 saturated carbocycles. The van der Waals surface area contributed by atoms with E-state index in [2.05, 4.69) is 18.6 Å². The SMILES string of the molecule is CC1CCC(NS(=O)(=O)c2cc(N)cs2)C(C)C1. The Morgan fingerprint density at radius 1 is 1.39 bits per heavy atom. The van der Waals surface area contributed by atoms with E-state index in [1.807, 2.05) is 0 Å². The van der Waals surface area contributed by atoms with E-state index in [-0.39, 0.29) is 6.04 Å². The molecule has 0 saturated heterocycles. The van der Waals surface area contributed by atoms with Gasteiger partial charge in [-0.3, -0.25) is 0 Å². The van der Waals surface area contributed by atoms with Gasteiger partial charge in [-0.2, -0.15) is 0 Å². The standard InChI is InChI=1S/C12H20N2O2S2/c1-8-3-4-11(9(2)5-8)14-18(15,16)12-6-10(13)7-17-12/h6-9,11,14H,3-5,13H2,1-2H3. The van der Waals surface area contributed by atoms with Gasteiger partial charge in [0.05, 0.1) is 0 Å². The third kappa shape index (κ3) is 3.05. The molecule has 1 fully saturated rings. The van der Waals surface area contributed by atoms with Gasteiger partial charge in [-0.15, -0.1) is 11.3 Å². The van der Waals surface area contributed by atoms with Gasteiger partial charge in [0, 0.05) is 17.1 Å². The molecule has 1 aliphatic rings. The maximum Gasteiger partial charge on any atom is 0.250 e. The third-order valence-corrected chi connectivity index (χ3v) is 6.55. The normalized spacial score (nSPS) is 29.3. The second kappa shape index (κ2) is 5.19. The highest BCUT2D eigenvalue weighted by atomic mass is 32.2. The van der Waals surface area contributed by atoms with Gasteiger partial charge in [-0.25, -0.2) is 13.1 Å². The Morgan fingerprint density at radius 2 is 2.11 bits per heavy atom. The summed E-state index contributed by atoms with van der Waals surface area (Å²) in [6.45, 7) is 4.34. The molecule has 2 rings (SSSR count). The summed E-state index contributed by atoms with van der Waals surface area (Å²) in [6.07, 6.45) is 3.09. The zero-order chi connectivity index (χ0) is 13.3. The molecule has 3 atom stereocenters. The van der Waals surface area contributed by atoms with Crippen LogP contribution in [0.1, 0.15) is 33.1 Å². The molecule has 0 radical (unpaired) electrons. The summed E-state index contributed by atoms with van der Waals surface area (Å²) in [6, 6.07) is 1.57. The van der Waals surface area contributed by atoms with Crippen LogP contribution in [0.25, 0.3) is 0 Å². The Bertz CT molecular complexity index is 510. The fraction of sp³-hybridized carbons (Fsp3) is 0.667. The summed E-state index contributed by atoms with van der Waals surface area (Å²) >= 11 is 1.17. The Kier molecular flexibility index (Phi) is 3.99. The lowest BCUT2D eigenvalue weighted by Gasteiger charge is -2.32. The summed E-state index contributed by atoms with van der Waals surface area (Å²) in [5, 5.41) is 1.65. The first-order valence-electron chi connectivity index (χ1n) is 6.25. The van der Waals surface area contributed by atoms with Crippen LogP contribution in [0.4, 0.5) is 5.69 Å². The van der Waals surface area contributed by atoms with Crippen LogP contribution in [0.5, 0.6) is 0 Å². The first kappa shape index (κ1) is 13.8. The zero-order valence-corrected chi connectivity index (χ0v) is 12.4. The minimum absolute atomic E-state index is 0.0505. The smallest absolute Gasteiger partial charge is 0.250 e. The van der Waals surface area contributed by atoms with E-state index in [0.717, 1.165) is 19.3 Å². The molecule has 3 N–H and O–H groups in total. The van der Waals surface area contributed by atoms with Gasteiger partial charge >= 0.3 is 0 Å². The van der Waals surface area contributed by atoms with E-state index in [1.165, 1.54) is 17.4 Å². The molecule has 0 aliphatic heterocycles. The van der Waals surface area contributed by atoms with Crippen LogP contribution < -0.4 is 10.5 Å². The van der Waals surface area contributed by atoms with Crippen molar-refractivity contribution in [3.8, 4) is 0 Å². The summed E-state index contributed by atoms with van der Waals surface area (Å²) < 4.78 is 27.5. The van der Waals surface area contributed by atoms with E-state index < -0.39 is 10.0 Å². The number of hydrogen-bond acceptors (Lipinski definition) is 4. The molecule has 6 heteroatoms. The quantitative estimate of drug-likeness (QED) is 0.897. The monoisotopic (exact) mass is 288 g/mol. The first-order valence-corrected chi connectivity index (χ1v) is 8.61. The second-order valence-electron chi connectivity index (χ2n) is 5.32. The highest BCUT2D eigenvalue weighted by Gasteiger charge is 2.29. The molecule has 18 heavy (non-hydrogen) atoms. The highest BCUT2D eigenvalue weighted by Crippen LogP contribution is 2.30. The predicted molar refractivity (Wildman–Crippen MR) is 75.0 cm³/mol. The van der Waals surface area contributed by atoms with Crippen molar-refractivity contribution < 1.29 is 8.42 Å². The molecule has 102 valence electrons. The summed E-state index contributed by atoms with van der Waals surface area (Å²) in [5.74, 6) is 1.08. The Labute approximate surface area is 113 Å². The van der Waals surface area contributed by atoms with E-state index in [1.54, 1.807) is 5.38 Å². The Morgan fingerprint density at radius 3 is 2.67 bits per heavy atom. The lowest BCUT2D eigenvalue weighted by molar-refractivity contribution is 0.249. The number of sulfonamides is 1. The maximum atomic E-state index is 12.2. The van der Waals surface area contributed by atoms with Crippen molar-refractivity contribution in [2.45, 2.75) is 43.4 Å². The second-order valence-corrected chi connectivity index (χ2v) is 8.17. The van der Waals surface area contributed by atoms with E-state index in [4.69, 9.17) is 5.73 Å². The average Bonchev–Trinajstić information content (AvgIpc) is 2.70. The molecule has 3 unspecified atom stereocenters. The number of anilines is 1. The van der Waals surface area contributed by atoms with Gasteiger partial charge in [-0.05, 0) is 37.2 Å². The molecule has 1 heterocycles.